The van der Waals surface area contributed by atoms with E-state index in [0.29, 0.717) is 5.56 Å². The lowest BCUT2D eigenvalue weighted by molar-refractivity contribution is -0.146. The lowest BCUT2D eigenvalue weighted by Gasteiger charge is -2.22. The number of esters is 1. The van der Waals surface area contributed by atoms with E-state index >= 15 is 0 Å². The van der Waals surface area contributed by atoms with E-state index in [1.54, 1.807) is 36.5 Å². The SMILES string of the molecule is COC(=O)[C@H](CC(=O)NCc1ccccc1)NC(=O)[C@H](Cc1c[nH]c2ccccc12)NC(=O)c1ccccc1. The van der Waals surface area contributed by atoms with E-state index < -0.39 is 35.8 Å². The molecule has 2 atom stereocenters. The van der Waals surface area contributed by atoms with Crippen LogP contribution in [0.5, 0.6) is 0 Å². The number of nitrogens with one attached hydrogen (secondary N) is 4. The number of aromatic nitrogens is 1. The summed E-state index contributed by atoms with van der Waals surface area (Å²) in [6.07, 6.45) is 1.62. The number of hydrogen-bond acceptors (Lipinski definition) is 5. The van der Waals surface area contributed by atoms with Crippen molar-refractivity contribution < 1.29 is 23.9 Å². The fourth-order valence-corrected chi connectivity index (χ4v) is 4.22. The molecule has 0 saturated heterocycles. The average molecular weight is 527 g/mol. The van der Waals surface area contributed by atoms with E-state index in [1.807, 2.05) is 54.6 Å². The lowest BCUT2D eigenvalue weighted by Crippen LogP contribution is -2.53. The number of para-hydroxylation sites is 1. The number of H-pyrrole nitrogens is 1. The van der Waals surface area contributed by atoms with Gasteiger partial charge in [0.2, 0.25) is 11.8 Å². The Morgan fingerprint density at radius 2 is 1.49 bits per heavy atom. The molecule has 4 N–H and O–H groups in total. The highest BCUT2D eigenvalue weighted by molar-refractivity contribution is 5.99. The molecular formula is C30H30N4O5. The Morgan fingerprint density at radius 1 is 0.821 bits per heavy atom. The van der Waals surface area contributed by atoms with Crippen molar-refractivity contribution >= 4 is 34.6 Å². The molecule has 0 aliphatic rings. The number of fused-ring (bicyclic) bond motifs is 1. The second kappa shape index (κ2) is 13.0. The number of ether oxygens (including phenoxy) is 1. The van der Waals surface area contributed by atoms with Crippen molar-refractivity contribution in [3.63, 3.8) is 0 Å². The minimum Gasteiger partial charge on any atom is -0.467 e. The zero-order chi connectivity index (χ0) is 27.6. The number of benzene rings is 3. The van der Waals surface area contributed by atoms with Crippen molar-refractivity contribution in [2.75, 3.05) is 7.11 Å². The van der Waals surface area contributed by atoms with E-state index in [4.69, 9.17) is 4.74 Å². The first-order valence-electron chi connectivity index (χ1n) is 12.5. The van der Waals surface area contributed by atoms with Gasteiger partial charge in [0, 0.05) is 35.6 Å². The molecule has 0 spiro atoms. The molecular weight excluding hydrogens is 496 g/mol. The van der Waals surface area contributed by atoms with Crippen LogP contribution in [-0.4, -0.2) is 47.9 Å². The first-order chi connectivity index (χ1) is 18.9. The minimum atomic E-state index is -1.24. The topological polar surface area (TPSA) is 129 Å². The predicted octanol–water partition coefficient (Wildman–Crippen LogP) is 2.87. The van der Waals surface area contributed by atoms with Gasteiger partial charge in [-0.25, -0.2) is 4.79 Å². The number of amides is 3. The molecule has 3 amide bonds. The molecule has 0 radical (unpaired) electrons. The zero-order valence-electron chi connectivity index (χ0n) is 21.5. The molecule has 3 aromatic carbocycles. The van der Waals surface area contributed by atoms with Gasteiger partial charge in [-0.05, 0) is 29.3 Å². The van der Waals surface area contributed by atoms with Crippen molar-refractivity contribution in [2.24, 2.45) is 0 Å². The Labute approximate surface area is 225 Å². The Morgan fingerprint density at radius 3 is 2.21 bits per heavy atom. The maximum atomic E-state index is 13.5. The highest BCUT2D eigenvalue weighted by Gasteiger charge is 2.30. The Bertz CT molecular complexity index is 1440. The van der Waals surface area contributed by atoms with Gasteiger partial charge in [0.25, 0.3) is 5.91 Å². The third-order valence-electron chi connectivity index (χ3n) is 6.28. The summed E-state index contributed by atoms with van der Waals surface area (Å²) in [6, 6.07) is 23.2. The zero-order valence-corrected chi connectivity index (χ0v) is 21.5. The number of methoxy groups -OCH3 is 1. The van der Waals surface area contributed by atoms with Gasteiger partial charge < -0.3 is 25.7 Å². The Hall–Kier alpha value is -4.92. The van der Waals surface area contributed by atoms with Crippen LogP contribution in [0, 0.1) is 0 Å². The Kier molecular flexibility index (Phi) is 9.07. The number of carbonyl (C=O) groups is 4. The van der Waals surface area contributed by atoms with Gasteiger partial charge >= 0.3 is 5.97 Å². The molecule has 0 aliphatic carbocycles. The molecule has 4 rings (SSSR count). The van der Waals surface area contributed by atoms with Gasteiger partial charge in [-0.15, -0.1) is 0 Å². The molecule has 200 valence electrons. The number of carbonyl (C=O) groups excluding carboxylic acids is 4. The van der Waals surface area contributed by atoms with Crippen molar-refractivity contribution in [2.45, 2.75) is 31.5 Å². The number of hydrogen-bond donors (Lipinski definition) is 4. The molecule has 1 aromatic heterocycles. The molecule has 0 aliphatic heterocycles. The van der Waals surface area contributed by atoms with Crippen LogP contribution in [0.4, 0.5) is 0 Å². The molecule has 0 unspecified atom stereocenters. The monoisotopic (exact) mass is 526 g/mol. The standard InChI is InChI=1S/C30H30N4O5/c1-39-30(38)26(17-27(35)32-18-20-10-4-2-5-11-20)34-29(37)25(33-28(36)21-12-6-3-7-13-21)16-22-19-31-24-15-9-8-14-23(22)24/h2-15,19,25-26,31H,16-18H2,1H3,(H,32,35)(H,33,36)(H,34,37)/t25-,26-/m0/s1. The quantitative estimate of drug-likeness (QED) is 0.223. The first kappa shape index (κ1) is 27.1. The summed E-state index contributed by atoms with van der Waals surface area (Å²) >= 11 is 0. The van der Waals surface area contributed by atoms with Crippen LogP contribution in [0.1, 0.15) is 27.9 Å². The van der Waals surface area contributed by atoms with Gasteiger partial charge in [-0.3, -0.25) is 14.4 Å². The smallest absolute Gasteiger partial charge is 0.328 e. The summed E-state index contributed by atoms with van der Waals surface area (Å²) in [5.74, 6) is -2.25. The molecule has 9 heteroatoms. The predicted molar refractivity (Wildman–Crippen MR) is 147 cm³/mol. The van der Waals surface area contributed by atoms with E-state index in [2.05, 4.69) is 20.9 Å². The molecule has 9 nitrogen and oxygen atoms in total. The summed E-state index contributed by atoms with van der Waals surface area (Å²) < 4.78 is 4.84. The van der Waals surface area contributed by atoms with Crippen molar-refractivity contribution in [3.05, 3.63) is 108 Å². The molecule has 4 aromatic rings. The van der Waals surface area contributed by atoms with Crippen LogP contribution in [0.3, 0.4) is 0 Å². The summed E-state index contributed by atoms with van der Waals surface area (Å²) in [4.78, 5) is 54.8. The largest absolute Gasteiger partial charge is 0.467 e. The molecule has 1 heterocycles. The van der Waals surface area contributed by atoms with Crippen molar-refractivity contribution in [1.29, 1.82) is 0 Å². The third-order valence-corrected chi connectivity index (χ3v) is 6.28. The molecule has 0 fully saturated rings. The molecule has 0 bridgehead atoms. The summed E-state index contributed by atoms with van der Waals surface area (Å²) in [5, 5.41) is 9.06. The minimum absolute atomic E-state index is 0.155. The second-order valence-electron chi connectivity index (χ2n) is 9.01. The van der Waals surface area contributed by atoms with Crippen LogP contribution < -0.4 is 16.0 Å². The first-order valence-corrected chi connectivity index (χ1v) is 12.5. The highest BCUT2D eigenvalue weighted by Crippen LogP contribution is 2.19. The van der Waals surface area contributed by atoms with Gasteiger partial charge in [0.15, 0.2) is 0 Å². The van der Waals surface area contributed by atoms with Crippen LogP contribution in [-0.2, 0) is 32.1 Å². The third kappa shape index (κ3) is 7.32. The maximum absolute atomic E-state index is 13.5. The van der Waals surface area contributed by atoms with Crippen molar-refractivity contribution in [3.8, 4) is 0 Å². The average Bonchev–Trinajstić information content (AvgIpc) is 3.38. The maximum Gasteiger partial charge on any atom is 0.328 e. The number of aromatic amines is 1. The van der Waals surface area contributed by atoms with E-state index in [0.717, 1.165) is 22.0 Å². The second-order valence-corrected chi connectivity index (χ2v) is 9.01. The lowest BCUT2D eigenvalue weighted by atomic mass is 10.0. The van der Waals surface area contributed by atoms with Crippen molar-refractivity contribution in [1.82, 2.24) is 20.9 Å². The van der Waals surface area contributed by atoms with Gasteiger partial charge in [-0.2, -0.15) is 0 Å². The van der Waals surface area contributed by atoms with Gasteiger partial charge in [0.05, 0.1) is 13.5 Å². The van der Waals surface area contributed by atoms with Crippen LogP contribution in [0.25, 0.3) is 10.9 Å². The highest BCUT2D eigenvalue weighted by atomic mass is 16.5. The van der Waals surface area contributed by atoms with Crippen LogP contribution in [0.2, 0.25) is 0 Å². The summed E-state index contributed by atoms with van der Waals surface area (Å²) in [5.41, 5.74) is 2.99. The van der Waals surface area contributed by atoms with Gasteiger partial charge in [-0.1, -0.05) is 66.7 Å². The van der Waals surface area contributed by atoms with E-state index in [-0.39, 0.29) is 19.4 Å². The van der Waals surface area contributed by atoms with Gasteiger partial charge in [0.1, 0.15) is 12.1 Å². The Balaban J connectivity index is 1.50. The fraction of sp³-hybridized carbons (Fsp3) is 0.200. The summed E-state index contributed by atoms with van der Waals surface area (Å²) in [7, 11) is 1.18. The fourth-order valence-electron chi connectivity index (χ4n) is 4.22. The van der Waals surface area contributed by atoms with E-state index in [9.17, 15) is 19.2 Å². The van der Waals surface area contributed by atoms with Crippen LogP contribution in [0.15, 0.2) is 91.1 Å². The molecule has 39 heavy (non-hydrogen) atoms. The number of rotatable bonds is 11. The molecule has 0 saturated carbocycles. The van der Waals surface area contributed by atoms with Crippen LogP contribution >= 0.6 is 0 Å². The summed E-state index contributed by atoms with van der Waals surface area (Å²) in [6.45, 7) is 0.276. The van der Waals surface area contributed by atoms with E-state index in [1.165, 1.54) is 7.11 Å². The normalized spacial score (nSPS) is 12.2.